The number of phenols is 1. The molecule has 210 valence electrons. The molecule has 5 rings (SSSR count). The van der Waals surface area contributed by atoms with Crippen LogP contribution >= 0.6 is 15.9 Å². The molecule has 2 aromatic rings. The summed E-state index contributed by atoms with van der Waals surface area (Å²) in [6.07, 6.45) is 4.55. The zero-order chi connectivity index (χ0) is 28.6. The molecule has 2 saturated heterocycles. The van der Waals surface area contributed by atoms with Gasteiger partial charge in [0, 0.05) is 23.1 Å². The normalized spacial score (nSPS) is 24.5. The van der Waals surface area contributed by atoms with Crippen LogP contribution in [0, 0.1) is 17.8 Å². The Balaban J connectivity index is 1.39. The SMILES string of the molecule is CC/C(=C\c1cc(Br)ccc1O)CC[C@H]1OC[C@H]2C1=C(COC)C[C@H]1C(=O)N(c3cccc(B(O)O)c3)C(=O)[C@H]12. The maximum absolute atomic E-state index is 13.8. The topological polar surface area (TPSA) is 117 Å². The number of hydrogen-bond donors (Lipinski definition) is 3. The summed E-state index contributed by atoms with van der Waals surface area (Å²) in [5.41, 5.74) is 4.58. The lowest BCUT2D eigenvalue weighted by atomic mass is 9.69. The molecule has 0 aromatic heterocycles. The van der Waals surface area contributed by atoms with Crippen molar-refractivity contribution < 1.29 is 34.2 Å². The molecule has 0 unspecified atom stereocenters. The third-order valence-electron chi connectivity index (χ3n) is 8.28. The van der Waals surface area contributed by atoms with Crippen molar-refractivity contribution in [2.75, 3.05) is 25.2 Å². The molecule has 8 nitrogen and oxygen atoms in total. The number of hydrogen-bond acceptors (Lipinski definition) is 7. The number of allylic oxidation sites excluding steroid dienone is 1. The van der Waals surface area contributed by atoms with Crippen LogP contribution in [-0.2, 0) is 19.1 Å². The van der Waals surface area contributed by atoms with Crippen molar-refractivity contribution in [3.8, 4) is 5.75 Å². The number of carbonyl (C=O) groups is 2. The summed E-state index contributed by atoms with van der Waals surface area (Å²) in [4.78, 5) is 28.5. The number of benzene rings is 2. The lowest BCUT2D eigenvalue weighted by molar-refractivity contribution is -0.122. The van der Waals surface area contributed by atoms with Crippen LogP contribution in [0.15, 0.2) is 63.7 Å². The van der Waals surface area contributed by atoms with Gasteiger partial charge >= 0.3 is 7.12 Å². The van der Waals surface area contributed by atoms with E-state index in [0.717, 1.165) is 34.0 Å². The number of methoxy groups -OCH3 is 1. The Hall–Kier alpha value is -2.76. The molecule has 40 heavy (non-hydrogen) atoms. The Bertz CT molecular complexity index is 1370. The highest BCUT2D eigenvalue weighted by molar-refractivity contribution is 9.10. The Morgan fingerprint density at radius 2 is 1.98 bits per heavy atom. The molecule has 2 amide bonds. The molecule has 0 saturated carbocycles. The Morgan fingerprint density at radius 3 is 2.70 bits per heavy atom. The van der Waals surface area contributed by atoms with E-state index in [1.54, 1.807) is 31.4 Å². The van der Waals surface area contributed by atoms with Crippen molar-refractivity contribution in [2.45, 2.75) is 38.7 Å². The Labute approximate surface area is 242 Å². The van der Waals surface area contributed by atoms with Gasteiger partial charge in [0.25, 0.3) is 0 Å². The van der Waals surface area contributed by atoms with Crippen molar-refractivity contribution in [1.82, 2.24) is 0 Å². The van der Waals surface area contributed by atoms with Gasteiger partial charge in [-0.1, -0.05) is 46.6 Å². The number of amides is 2. The van der Waals surface area contributed by atoms with Crippen LogP contribution in [-0.4, -0.2) is 60.5 Å². The van der Waals surface area contributed by atoms with Gasteiger partial charge in [-0.15, -0.1) is 0 Å². The van der Waals surface area contributed by atoms with Gasteiger partial charge < -0.3 is 24.6 Å². The molecule has 0 spiro atoms. The highest BCUT2D eigenvalue weighted by Crippen LogP contribution is 2.50. The predicted octanol–water partition coefficient (Wildman–Crippen LogP) is 3.58. The zero-order valence-electron chi connectivity index (χ0n) is 22.5. The number of phenolic OH excluding ortho intramolecular Hbond substituents is 1. The second-order valence-electron chi connectivity index (χ2n) is 10.6. The standard InChI is InChI=1S/C30H33BBrNO7/c1-3-17(11-18-12-21(32)8-9-25(18)34)7-10-26-27-19(15-39-2)13-23-28(24(27)16-40-26)30(36)33(29(23)35)22-6-4-5-20(14-22)31(37)38/h4-6,8-9,11-12,14,23-24,26,28,34,37-38H,3,7,10,13,15-16H2,1-2H3/b17-11+/t23-,24+,26-,28-/m1/s1. The van der Waals surface area contributed by atoms with Crippen LogP contribution in [0.2, 0.25) is 0 Å². The summed E-state index contributed by atoms with van der Waals surface area (Å²) >= 11 is 3.47. The van der Waals surface area contributed by atoms with Crippen LogP contribution in [0.3, 0.4) is 0 Å². The van der Waals surface area contributed by atoms with Crippen molar-refractivity contribution in [3.05, 3.63) is 69.2 Å². The monoisotopic (exact) mass is 609 g/mol. The van der Waals surface area contributed by atoms with E-state index in [0.29, 0.717) is 31.7 Å². The van der Waals surface area contributed by atoms with Crippen molar-refractivity contribution in [1.29, 1.82) is 0 Å². The average molecular weight is 610 g/mol. The molecular formula is C30H33BBrNO7. The first-order valence-corrected chi connectivity index (χ1v) is 14.4. The number of nitrogens with zero attached hydrogens (tertiary/aromatic N) is 1. The highest BCUT2D eigenvalue weighted by atomic mass is 79.9. The molecular weight excluding hydrogens is 577 g/mol. The highest BCUT2D eigenvalue weighted by Gasteiger charge is 2.57. The van der Waals surface area contributed by atoms with Gasteiger partial charge in [-0.3, -0.25) is 14.5 Å². The van der Waals surface area contributed by atoms with E-state index < -0.39 is 19.0 Å². The van der Waals surface area contributed by atoms with Gasteiger partial charge in [0.1, 0.15) is 5.75 Å². The summed E-state index contributed by atoms with van der Waals surface area (Å²) in [7, 11) is -0.0726. The second kappa shape index (κ2) is 12.0. The summed E-state index contributed by atoms with van der Waals surface area (Å²) in [5.74, 6) is -1.59. The van der Waals surface area contributed by atoms with Crippen LogP contribution in [0.1, 0.15) is 38.2 Å². The van der Waals surface area contributed by atoms with Crippen molar-refractivity contribution in [3.63, 3.8) is 0 Å². The lowest BCUT2D eigenvalue weighted by Crippen LogP contribution is -2.36. The molecule has 3 N–H and O–H groups in total. The van der Waals surface area contributed by atoms with E-state index in [2.05, 4.69) is 22.9 Å². The van der Waals surface area contributed by atoms with E-state index >= 15 is 0 Å². The van der Waals surface area contributed by atoms with Gasteiger partial charge in [-0.05, 0) is 72.6 Å². The molecule has 3 aliphatic rings. The fourth-order valence-corrected chi connectivity index (χ4v) is 6.77. The Morgan fingerprint density at radius 1 is 1.18 bits per heavy atom. The largest absolute Gasteiger partial charge is 0.507 e. The third-order valence-corrected chi connectivity index (χ3v) is 8.78. The smallest absolute Gasteiger partial charge is 0.488 e. The summed E-state index contributed by atoms with van der Waals surface area (Å²) in [6, 6.07) is 11.6. The number of ether oxygens (including phenoxy) is 2. The van der Waals surface area contributed by atoms with Gasteiger partial charge in [0.15, 0.2) is 0 Å². The van der Waals surface area contributed by atoms with Crippen molar-refractivity contribution >= 4 is 52.1 Å². The van der Waals surface area contributed by atoms with Gasteiger partial charge in [-0.25, -0.2) is 0 Å². The van der Waals surface area contributed by atoms with E-state index in [4.69, 9.17) is 9.47 Å². The third kappa shape index (κ3) is 5.43. The first kappa shape index (κ1) is 28.8. The average Bonchev–Trinajstić information content (AvgIpc) is 3.47. The number of fused-ring (bicyclic) bond motifs is 3. The number of aromatic hydroxyl groups is 1. The quantitative estimate of drug-likeness (QED) is 0.226. The minimum atomic E-state index is -1.70. The minimum absolute atomic E-state index is 0.188. The molecule has 1 aliphatic carbocycles. The number of imide groups is 1. The number of halogens is 1. The minimum Gasteiger partial charge on any atom is -0.507 e. The van der Waals surface area contributed by atoms with Crippen LogP contribution < -0.4 is 10.4 Å². The summed E-state index contributed by atoms with van der Waals surface area (Å²) in [5, 5.41) is 29.5. The fourth-order valence-electron chi connectivity index (χ4n) is 6.39. The summed E-state index contributed by atoms with van der Waals surface area (Å²) < 4.78 is 12.7. The van der Waals surface area contributed by atoms with Gasteiger partial charge in [0.05, 0.1) is 36.8 Å². The van der Waals surface area contributed by atoms with Crippen LogP contribution in [0.4, 0.5) is 5.69 Å². The molecule has 4 atom stereocenters. The molecule has 2 aliphatic heterocycles. The van der Waals surface area contributed by atoms with E-state index in [1.807, 2.05) is 12.1 Å². The van der Waals surface area contributed by atoms with E-state index in [1.165, 1.54) is 22.6 Å². The molecule has 2 fully saturated rings. The second-order valence-corrected chi connectivity index (χ2v) is 11.6. The molecule has 10 heteroatoms. The van der Waals surface area contributed by atoms with E-state index in [-0.39, 0.29) is 35.0 Å². The zero-order valence-corrected chi connectivity index (χ0v) is 24.1. The molecule has 0 bridgehead atoms. The maximum Gasteiger partial charge on any atom is 0.488 e. The molecule has 0 radical (unpaired) electrons. The molecule has 2 heterocycles. The first-order valence-electron chi connectivity index (χ1n) is 13.6. The fraction of sp³-hybridized carbons (Fsp3) is 0.400. The van der Waals surface area contributed by atoms with Gasteiger partial charge in [-0.2, -0.15) is 0 Å². The molecule has 2 aromatic carbocycles. The Kier molecular flexibility index (Phi) is 8.63. The maximum atomic E-state index is 13.8. The first-order chi connectivity index (χ1) is 19.2. The predicted molar refractivity (Wildman–Crippen MR) is 156 cm³/mol. The van der Waals surface area contributed by atoms with Crippen LogP contribution in [0.25, 0.3) is 6.08 Å². The van der Waals surface area contributed by atoms with Gasteiger partial charge in [0.2, 0.25) is 11.8 Å². The summed E-state index contributed by atoms with van der Waals surface area (Å²) in [6.45, 7) is 2.81. The van der Waals surface area contributed by atoms with Crippen LogP contribution in [0.5, 0.6) is 5.75 Å². The van der Waals surface area contributed by atoms with Crippen molar-refractivity contribution in [2.24, 2.45) is 17.8 Å². The number of carbonyl (C=O) groups excluding carboxylic acids is 2. The lowest BCUT2D eigenvalue weighted by Gasteiger charge is -2.31. The number of rotatable bonds is 9. The van der Waals surface area contributed by atoms with E-state index in [9.17, 15) is 24.7 Å². The number of anilines is 1.